The zero-order valence-corrected chi connectivity index (χ0v) is 14.4. The van der Waals surface area contributed by atoms with Crippen LogP contribution in [-0.4, -0.2) is 19.8 Å². The van der Waals surface area contributed by atoms with E-state index in [9.17, 15) is 0 Å². The van der Waals surface area contributed by atoms with Crippen molar-refractivity contribution in [3.63, 3.8) is 0 Å². The first-order valence-electron chi connectivity index (χ1n) is 8.38. The van der Waals surface area contributed by atoms with Gasteiger partial charge in [-0.3, -0.25) is 0 Å². The van der Waals surface area contributed by atoms with Crippen LogP contribution in [-0.2, 0) is 6.42 Å². The molecule has 0 amide bonds. The first-order chi connectivity index (χ1) is 11.2. The van der Waals surface area contributed by atoms with Crippen molar-refractivity contribution in [2.45, 2.75) is 34.1 Å². The maximum absolute atomic E-state index is 6.00. The Morgan fingerprint density at radius 2 is 1.43 bits per heavy atom. The Labute approximate surface area is 138 Å². The van der Waals surface area contributed by atoms with Crippen LogP contribution in [0, 0.1) is 6.92 Å². The highest BCUT2D eigenvalue weighted by molar-refractivity contribution is 5.86. The molecule has 0 saturated carbocycles. The lowest BCUT2D eigenvalue weighted by Gasteiger charge is -2.21. The van der Waals surface area contributed by atoms with Gasteiger partial charge in [-0.1, -0.05) is 24.3 Å². The van der Waals surface area contributed by atoms with Gasteiger partial charge >= 0.3 is 0 Å². The number of hydrogen-bond donors (Lipinski definition) is 0. The molecule has 3 heteroatoms. The summed E-state index contributed by atoms with van der Waals surface area (Å²) in [5, 5.41) is 0. The van der Waals surface area contributed by atoms with E-state index in [-0.39, 0.29) is 0 Å². The Kier molecular flexibility index (Phi) is 4.46. The van der Waals surface area contributed by atoms with E-state index in [4.69, 9.17) is 14.2 Å². The lowest BCUT2D eigenvalue weighted by atomic mass is 9.98. The normalized spacial score (nSPS) is 11.8. The van der Waals surface area contributed by atoms with Crippen LogP contribution in [0.15, 0.2) is 24.3 Å². The molecule has 0 heterocycles. The lowest BCUT2D eigenvalue weighted by Crippen LogP contribution is -2.06. The summed E-state index contributed by atoms with van der Waals surface area (Å²) in [6.07, 6.45) is 0.883. The van der Waals surface area contributed by atoms with Crippen molar-refractivity contribution in [1.82, 2.24) is 0 Å². The fourth-order valence-corrected chi connectivity index (χ4v) is 3.40. The first kappa shape index (κ1) is 15.7. The molecule has 0 spiro atoms. The Bertz CT molecular complexity index is 719. The predicted molar refractivity (Wildman–Crippen MR) is 92.9 cm³/mol. The summed E-state index contributed by atoms with van der Waals surface area (Å²) in [4.78, 5) is 0. The molecule has 3 rings (SSSR count). The molecule has 0 bridgehead atoms. The first-order valence-corrected chi connectivity index (χ1v) is 8.38. The molecule has 0 radical (unpaired) electrons. The van der Waals surface area contributed by atoms with Crippen LogP contribution >= 0.6 is 0 Å². The van der Waals surface area contributed by atoms with Gasteiger partial charge in [0.05, 0.1) is 19.8 Å². The maximum atomic E-state index is 6.00. The highest BCUT2D eigenvalue weighted by atomic mass is 16.5. The lowest BCUT2D eigenvalue weighted by molar-refractivity contribution is 0.258. The zero-order chi connectivity index (χ0) is 16.4. The second kappa shape index (κ2) is 6.53. The molecular formula is C20H24O3. The third-order valence-electron chi connectivity index (χ3n) is 4.22. The van der Waals surface area contributed by atoms with E-state index < -0.39 is 0 Å². The van der Waals surface area contributed by atoms with Gasteiger partial charge in [-0.15, -0.1) is 0 Å². The fourth-order valence-electron chi connectivity index (χ4n) is 3.40. The second-order valence-corrected chi connectivity index (χ2v) is 5.60. The summed E-state index contributed by atoms with van der Waals surface area (Å²) in [5.41, 5.74) is 6.22. The third-order valence-corrected chi connectivity index (χ3v) is 4.22. The highest BCUT2D eigenvalue weighted by Crippen LogP contribution is 2.53. The average Bonchev–Trinajstić information content (AvgIpc) is 2.94. The SMILES string of the molecule is CCOc1c(C)c2c(c(OCC)c1OCC)Cc1ccccc1-2. The molecule has 0 atom stereocenters. The largest absolute Gasteiger partial charge is 0.490 e. The smallest absolute Gasteiger partial charge is 0.204 e. The monoisotopic (exact) mass is 312 g/mol. The summed E-state index contributed by atoms with van der Waals surface area (Å²) >= 11 is 0. The molecule has 2 aromatic rings. The van der Waals surface area contributed by atoms with Gasteiger partial charge in [0.25, 0.3) is 0 Å². The van der Waals surface area contributed by atoms with Crippen LogP contribution in [0.3, 0.4) is 0 Å². The molecule has 23 heavy (non-hydrogen) atoms. The van der Waals surface area contributed by atoms with Crippen LogP contribution in [0.4, 0.5) is 0 Å². The van der Waals surface area contributed by atoms with E-state index in [1.54, 1.807) is 0 Å². The number of benzene rings is 2. The van der Waals surface area contributed by atoms with Gasteiger partial charge < -0.3 is 14.2 Å². The minimum atomic E-state index is 0.589. The molecule has 122 valence electrons. The highest BCUT2D eigenvalue weighted by Gasteiger charge is 2.30. The molecule has 1 aliphatic rings. The van der Waals surface area contributed by atoms with E-state index in [1.165, 1.54) is 22.3 Å². The Balaban J connectivity index is 2.29. The van der Waals surface area contributed by atoms with Crippen molar-refractivity contribution in [2.75, 3.05) is 19.8 Å². The molecule has 3 nitrogen and oxygen atoms in total. The van der Waals surface area contributed by atoms with Crippen molar-refractivity contribution in [3.8, 4) is 28.4 Å². The molecule has 2 aromatic carbocycles. The van der Waals surface area contributed by atoms with Gasteiger partial charge in [0.1, 0.15) is 0 Å². The van der Waals surface area contributed by atoms with Crippen LogP contribution < -0.4 is 14.2 Å². The van der Waals surface area contributed by atoms with Crippen molar-refractivity contribution in [2.24, 2.45) is 0 Å². The molecule has 0 fully saturated rings. The van der Waals surface area contributed by atoms with E-state index in [0.29, 0.717) is 19.8 Å². The molecule has 0 saturated heterocycles. The Morgan fingerprint density at radius 1 is 0.826 bits per heavy atom. The predicted octanol–water partition coefficient (Wildman–Crippen LogP) is 4.76. The van der Waals surface area contributed by atoms with E-state index in [2.05, 4.69) is 31.2 Å². The number of rotatable bonds is 6. The molecule has 0 aromatic heterocycles. The van der Waals surface area contributed by atoms with E-state index in [0.717, 1.165) is 29.2 Å². The quantitative estimate of drug-likeness (QED) is 0.656. The second-order valence-electron chi connectivity index (χ2n) is 5.60. The molecule has 1 aliphatic carbocycles. The van der Waals surface area contributed by atoms with Crippen LogP contribution in [0.2, 0.25) is 0 Å². The number of fused-ring (bicyclic) bond motifs is 3. The molecular weight excluding hydrogens is 288 g/mol. The van der Waals surface area contributed by atoms with E-state index >= 15 is 0 Å². The van der Waals surface area contributed by atoms with Gasteiger partial charge in [0, 0.05) is 17.5 Å². The fraction of sp³-hybridized carbons (Fsp3) is 0.400. The van der Waals surface area contributed by atoms with Crippen LogP contribution in [0.25, 0.3) is 11.1 Å². The molecule has 0 aliphatic heterocycles. The average molecular weight is 312 g/mol. The zero-order valence-electron chi connectivity index (χ0n) is 14.4. The van der Waals surface area contributed by atoms with Crippen molar-refractivity contribution < 1.29 is 14.2 Å². The van der Waals surface area contributed by atoms with Gasteiger partial charge in [0.2, 0.25) is 5.75 Å². The van der Waals surface area contributed by atoms with Gasteiger partial charge in [-0.2, -0.15) is 0 Å². The minimum absolute atomic E-state index is 0.589. The Hall–Kier alpha value is -2.16. The minimum Gasteiger partial charge on any atom is -0.490 e. The van der Waals surface area contributed by atoms with E-state index in [1.807, 2.05) is 20.8 Å². The Morgan fingerprint density at radius 3 is 2.13 bits per heavy atom. The summed E-state index contributed by atoms with van der Waals surface area (Å²) in [6, 6.07) is 8.54. The number of hydrogen-bond acceptors (Lipinski definition) is 3. The van der Waals surface area contributed by atoms with Gasteiger partial charge in [-0.25, -0.2) is 0 Å². The number of ether oxygens (including phenoxy) is 3. The molecule has 0 N–H and O–H groups in total. The standard InChI is InChI=1S/C20H24O3/c1-5-21-18-13(4)17-15-11-9-8-10-14(15)12-16(17)19(22-6-2)20(18)23-7-3/h8-11H,5-7,12H2,1-4H3. The van der Waals surface area contributed by atoms with Crippen molar-refractivity contribution in [3.05, 3.63) is 41.0 Å². The van der Waals surface area contributed by atoms with Gasteiger partial charge in [0.15, 0.2) is 11.5 Å². The topological polar surface area (TPSA) is 27.7 Å². The van der Waals surface area contributed by atoms with Crippen LogP contribution in [0.5, 0.6) is 17.2 Å². The third kappa shape index (κ3) is 2.54. The van der Waals surface area contributed by atoms with Crippen LogP contribution in [0.1, 0.15) is 37.5 Å². The summed E-state index contributed by atoms with van der Waals surface area (Å²) in [5.74, 6) is 2.41. The van der Waals surface area contributed by atoms with Crippen molar-refractivity contribution in [1.29, 1.82) is 0 Å². The summed E-state index contributed by atoms with van der Waals surface area (Å²) < 4.78 is 17.9. The summed E-state index contributed by atoms with van der Waals surface area (Å²) in [7, 11) is 0. The van der Waals surface area contributed by atoms with Crippen molar-refractivity contribution >= 4 is 0 Å². The van der Waals surface area contributed by atoms with Gasteiger partial charge in [-0.05, 0) is 44.4 Å². The summed E-state index contributed by atoms with van der Waals surface area (Å²) in [6.45, 7) is 9.91. The molecule has 0 unspecified atom stereocenters. The maximum Gasteiger partial charge on any atom is 0.204 e.